The van der Waals surface area contributed by atoms with Crippen LogP contribution in [0.5, 0.6) is 5.75 Å². The standard InChI is InChI=1S/C11H11FO2/c12-10-7-3-6-14-9(7)2-1-8(10)11(13)4-5-11/h1-2,13H,3-6H2. The Morgan fingerprint density at radius 3 is 2.86 bits per heavy atom. The number of hydrogen-bond acceptors (Lipinski definition) is 2. The van der Waals surface area contributed by atoms with Gasteiger partial charge in [0.1, 0.15) is 11.6 Å². The lowest BCUT2D eigenvalue weighted by Gasteiger charge is -2.11. The number of hydrogen-bond donors (Lipinski definition) is 1. The van der Waals surface area contributed by atoms with Crippen LogP contribution in [0, 0.1) is 5.82 Å². The van der Waals surface area contributed by atoms with Crippen LogP contribution < -0.4 is 4.74 Å². The maximum absolute atomic E-state index is 13.9. The minimum absolute atomic E-state index is 0.264. The number of benzene rings is 1. The molecule has 1 aliphatic heterocycles. The first kappa shape index (κ1) is 8.24. The molecule has 1 aromatic carbocycles. The molecule has 1 aromatic rings. The predicted molar refractivity (Wildman–Crippen MR) is 48.7 cm³/mol. The molecule has 0 atom stereocenters. The van der Waals surface area contributed by atoms with Crippen LogP contribution in [0.25, 0.3) is 0 Å². The third-order valence-electron chi connectivity index (χ3n) is 3.03. The second-order valence-electron chi connectivity index (χ2n) is 4.03. The monoisotopic (exact) mass is 194 g/mol. The van der Waals surface area contributed by atoms with Crippen molar-refractivity contribution in [3.05, 3.63) is 29.1 Å². The summed E-state index contributed by atoms with van der Waals surface area (Å²) in [5.41, 5.74) is 0.186. The van der Waals surface area contributed by atoms with Crippen LogP contribution in [0.2, 0.25) is 0 Å². The molecular weight excluding hydrogens is 183 g/mol. The fraction of sp³-hybridized carbons (Fsp3) is 0.455. The van der Waals surface area contributed by atoms with E-state index in [0.717, 1.165) is 0 Å². The molecule has 14 heavy (non-hydrogen) atoms. The number of aliphatic hydroxyl groups is 1. The molecule has 0 radical (unpaired) electrons. The van der Waals surface area contributed by atoms with Crippen LogP contribution in [0.1, 0.15) is 24.0 Å². The molecule has 0 unspecified atom stereocenters. The van der Waals surface area contributed by atoms with Crippen molar-refractivity contribution in [1.82, 2.24) is 0 Å². The summed E-state index contributed by atoms with van der Waals surface area (Å²) in [6, 6.07) is 3.41. The van der Waals surface area contributed by atoms with Gasteiger partial charge in [0.2, 0.25) is 0 Å². The summed E-state index contributed by atoms with van der Waals surface area (Å²) >= 11 is 0. The fourth-order valence-corrected chi connectivity index (χ4v) is 1.98. The Bertz CT molecular complexity index is 397. The van der Waals surface area contributed by atoms with E-state index in [1.54, 1.807) is 12.1 Å². The Kier molecular flexibility index (Phi) is 1.46. The first-order chi connectivity index (χ1) is 6.71. The summed E-state index contributed by atoms with van der Waals surface area (Å²) < 4.78 is 19.1. The van der Waals surface area contributed by atoms with E-state index in [2.05, 4.69) is 0 Å². The lowest BCUT2D eigenvalue weighted by atomic mass is 10.0. The summed E-state index contributed by atoms with van der Waals surface area (Å²) in [5, 5.41) is 9.83. The second-order valence-corrected chi connectivity index (χ2v) is 4.03. The van der Waals surface area contributed by atoms with Gasteiger partial charge < -0.3 is 9.84 Å². The molecular formula is C11H11FO2. The molecule has 0 aromatic heterocycles. The van der Waals surface area contributed by atoms with Crippen molar-refractivity contribution in [2.24, 2.45) is 0 Å². The minimum atomic E-state index is -0.887. The highest BCUT2D eigenvalue weighted by Crippen LogP contribution is 2.48. The van der Waals surface area contributed by atoms with Crippen LogP contribution >= 0.6 is 0 Å². The van der Waals surface area contributed by atoms with Crippen LogP contribution in [-0.4, -0.2) is 11.7 Å². The first-order valence-corrected chi connectivity index (χ1v) is 4.88. The third-order valence-corrected chi connectivity index (χ3v) is 3.03. The van der Waals surface area contributed by atoms with Gasteiger partial charge in [-0.1, -0.05) is 0 Å². The number of ether oxygens (including phenoxy) is 1. The van der Waals surface area contributed by atoms with Crippen molar-refractivity contribution in [2.75, 3.05) is 6.61 Å². The van der Waals surface area contributed by atoms with Gasteiger partial charge >= 0.3 is 0 Å². The molecule has 1 aliphatic carbocycles. The minimum Gasteiger partial charge on any atom is -0.493 e. The van der Waals surface area contributed by atoms with Crippen LogP contribution in [0.3, 0.4) is 0 Å². The molecule has 3 heteroatoms. The second kappa shape index (κ2) is 2.48. The van der Waals surface area contributed by atoms with Crippen molar-refractivity contribution < 1.29 is 14.2 Å². The van der Waals surface area contributed by atoms with Crippen LogP contribution in [0.15, 0.2) is 12.1 Å². The summed E-state index contributed by atoms with van der Waals surface area (Å²) in [7, 11) is 0. The summed E-state index contributed by atoms with van der Waals surface area (Å²) in [5.74, 6) is 0.371. The molecule has 0 bridgehead atoms. The summed E-state index contributed by atoms with van der Waals surface area (Å²) in [6.07, 6.45) is 1.96. The molecule has 74 valence electrons. The Morgan fingerprint density at radius 2 is 2.14 bits per heavy atom. The van der Waals surface area contributed by atoms with Gasteiger partial charge in [-0.3, -0.25) is 0 Å². The molecule has 1 heterocycles. The fourth-order valence-electron chi connectivity index (χ4n) is 1.98. The molecule has 1 N–H and O–H groups in total. The van der Waals surface area contributed by atoms with Crippen molar-refractivity contribution in [3.63, 3.8) is 0 Å². The molecule has 3 rings (SSSR count). The van der Waals surface area contributed by atoms with E-state index < -0.39 is 5.60 Å². The zero-order chi connectivity index (χ0) is 9.76. The van der Waals surface area contributed by atoms with Gasteiger partial charge in [-0.2, -0.15) is 0 Å². The lowest BCUT2D eigenvalue weighted by molar-refractivity contribution is 0.146. The summed E-state index contributed by atoms with van der Waals surface area (Å²) in [6.45, 7) is 0.550. The van der Waals surface area contributed by atoms with Gasteiger partial charge in [0, 0.05) is 17.5 Å². The zero-order valence-corrected chi connectivity index (χ0v) is 7.72. The van der Waals surface area contributed by atoms with E-state index in [0.29, 0.717) is 42.7 Å². The van der Waals surface area contributed by atoms with E-state index in [1.807, 2.05) is 0 Å². The van der Waals surface area contributed by atoms with E-state index >= 15 is 0 Å². The molecule has 2 nitrogen and oxygen atoms in total. The van der Waals surface area contributed by atoms with Gasteiger partial charge in [-0.15, -0.1) is 0 Å². The van der Waals surface area contributed by atoms with Gasteiger partial charge in [0.25, 0.3) is 0 Å². The van der Waals surface area contributed by atoms with Crippen molar-refractivity contribution >= 4 is 0 Å². The van der Waals surface area contributed by atoms with Gasteiger partial charge in [-0.25, -0.2) is 4.39 Å². The number of halogens is 1. The van der Waals surface area contributed by atoms with Crippen molar-refractivity contribution in [1.29, 1.82) is 0 Å². The molecule has 2 aliphatic rings. The predicted octanol–water partition coefficient (Wildman–Crippen LogP) is 1.74. The highest BCUT2D eigenvalue weighted by molar-refractivity contribution is 5.44. The lowest BCUT2D eigenvalue weighted by Crippen LogP contribution is -2.08. The topological polar surface area (TPSA) is 29.5 Å². The van der Waals surface area contributed by atoms with E-state index in [-0.39, 0.29) is 5.82 Å². The molecule has 1 saturated carbocycles. The Labute approximate surface area is 81.3 Å². The normalized spacial score (nSPS) is 21.6. The largest absolute Gasteiger partial charge is 0.493 e. The van der Waals surface area contributed by atoms with E-state index in [4.69, 9.17) is 4.74 Å². The first-order valence-electron chi connectivity index (χ1n) is 4.88. The van der Waals surface area contributed by atoms with E-state index in [1.165, 1.54) is 0 Å². The molecule has 1 fully saturated rings. The SMILES string of the molecule is OC1(c2ccc3c(c2F)CCO3)CC1. The molecule has 0 spiro atoms. The number of fused-ring (bicyclic) bond motifs is 1. The maximum Gasteiger partial charge on any atom is 0.136 e. The van der Waals surface area contributed by atoms with Gasteiger partial charge in [0.05, 0.1) is 12.2 Å². The Morgan fingerprint density at radius 1 is 1.36 bits per heavy atom. The zero-order valence-electron chi connectivity index (χ0n) is 7.72. The summed E-state index contributed by atoms with van der Waals surface area (Å²) in [4.78, 5) is 0. The quantitative estimate of drug-likeness (QED) is 0.737. The molecule has 0 saturated heterocycles. The smallest absolute Gasteiger partial charge is 0.136 e. The Hall–Kier alpha value is -1.09. The molecule has 0 amide bonds. The van der Waals surface area contributed by atoms with Crippen molar-refractivity contribution in [3.8, 4) is 5.75 Å². The van der Waals surface area contributed by atoms with E-state index in [9.17, 15) is 9.50 Å². The Balaban J connectivity index is 2.15. The van der Waals surface area contributed by atoms with Crippen molar-refractivity contribution in [2.45, 2.75) is 24.9 Å². The average molecular weight is 194 g/mol. The van der Waals surface area contributed by atoms with Gasteiger partial charge in [0.15, 0.2) is 0 Å². The highest BCUT2D eigenvalue weighted by atomic mass is 19.1. The number of rotatable bonds is 1. The average Bonchev–Trinajstić information content (AvgIpc) is 2.75. The van der Waals surface area contributed by atoms with Gasteiger partial charge in [-0.05, 0) is 25.0 Å². The van der Waals surface area contributed by atoms with Crippen LogP contribution in [0.4, 0.5) is 4.39 Å². The van der Waals surface area contributed by atoms with Crippen LogP contribution in [-0.2, 0) is 12.0 Å². The third kappa shape index (κ3) is 0.989. The maximum atomic E-state index is 13.9. The highest BCUT2D eigenvalue weighted by Gasteiger charge is 2.45.